The van der Waals surface area contributed by atoms with E-state index in [0.29, 0.717) is 5.88 Å². The van der Waals surface area contributed by atoms with Crippen molar-refractivity contribution in [1.82, 2.24) is 4.90 Å². The van der Waals surface area contributed by atoms with E-state index in [1.807, 2.05) is 24.3 Å². The van der Waals surface area contributed by atoms with E-state index in [9.17, 15) is 0 Å². The molecule has 0 saturated heterocycles. The highest BCUT2D eigenvalue weighted by Gasteiger charge is 2.00. The van der Waals surface area contributed by atoms with Gasteiger partial charge in [-0.05, 0) is 30.8 Å². The maximum absolute atomic E-state index is 5.76. The van der Waals surface area contributed by atoms with E-state index in [2.05, 4.69) is 18.7 Å². The summed E-state index contributed by atoms with van der Waals surface area (Å²) in [4.78, 5) is 2.34. The number of benzene rings is 1. The zero-order chi connectivity index (χ0) is 11.8. The molecule has 0 fully saturated rings. The molecule has 90 valence electrons. The number of ether oxygens (including phenoxy) is 1. The van der Waals surface area contributed by atoms with Crippen LogP contribution in [-0.4, -0.2) is 31.1 Å². The first-order chi connectivity index (χ1) is 7.80. The molecule has 0 aliphatic rings. The minimum Gasteiger partial charge on any atom is -0.492 e. The molecule has 0 aliphatic heterocycles. The van der Waals surface area contributed by atoms with Crippen molar-refractivity contribution in [3.63, 3.8) is 0 Å². The molecular formula is C13H20ClNO. The molecule has 2 nitrogen and oxygen atoms in total. The van der Waals surface area contributed by atoms with E-state index in [4.69, 9.17) is 16.3 Å². The fourth-order valence-corrected chi connectivity index (χ4v) is 1.72. The van der Waals surface area contributed by atoms with Crippen LogP contribution < -0.4 is 4.74 Å². The van der Waals surface area contributed by atoms with Crippen LogP contribution in [0.5, 0.6) is 5.75 Å². The lowest BCUT2D eigenvalue weighted by atomic mass is 10.2. The molecule has 0 saturated carbocycles. The van der Waals surface area contributed by atoms with Gasteiger partial charge in [0.1, 0.15) is 12.4 Å². The third kappa shape index (κ3) is 4.42. The fraction of sp³-hybridized carbons (Fsp3) is 0.538. The summed E-state index contributed by atoms with van der Waals surface area (Å²) in [6, 6.07) is 7.95. The molecule has 0 aromatic heterocycles. The molecule has 1 rings (SSSR count). The zero-order valence-corrected chi connectivity index (χ0v) is 10.8. The minimum absolute atomic E-state index is 0.535. The van der Waals surface area contributed by atoms with Crippen molar-refractivity contribution in [2.75, 3.05) is 26.2 Å². The Morgan fingerprint density at radius 2 is 2.00 bits per heavy atom. The summed E-state index contributed by atoms with van der Waals surface area (Å²) >= 11 is 5.76. The molecule has 0 spiro atoms. The summed E-state index contributed by atoms with van der Waals surface area (Å²) < 4.78 is 5.68. The van der Waals surface area contributed by atoms with Crippen LogP contribution in [0, 0.1) is 0 Å². The summed E-state index contributed by atoms with van der Waals surface area (Å²) in [5.74, 6) is 1.44. The SMILES string of the molecule is CCN(CC)CCOc1cccc(CCl)c1. The first kappa shape index (κ1) is 13.3. The van der Waals surface area contributed by atoms with Gasteiger partial charge < -0.3 is 9.64 Å². The zero-order valence-electron chi connectivity index (χ0n) is 10.1. The number of halogens is 1. The van der Waals surface area contributed by atoms with E-state index in [1.165, 1.54) is 0 Å². The van der Waals surface area contributed by atoms with Gasteiger partial charge in [0, 0.05) is 12.4 Å². The van der Waals surface area contributed by atoms with Crippen LogP contribution in [0.3, 0.4) is 0 Å². The van der Waals surface area contributed by atoms with E-state index in [1.54, 1.807) is 0 Å². The highest BCUT2D eigenvalue weighted by Crippen LogP contribution is 2.14. The van der Waals surface area contributed by atoms with Gasteiger partial charge in [-0.3, -0.25) is 0 Å². The maximum atomic E-state index is 5.76. The Bertz CT molecular complexity index is 300. The molecule has 1 aromatic carbocycles. The summed E-state index contributed by atoms with van der Waals surface area (Å²) in [7, 11) is 0. The number of likely N-dealkylation sites (N-methyl/N-ethyl adjacent to an activating group) is 1. The predicted molar refractivity (Wildman–Crippen MR) is 69.3 cm³/mol. The smallest absolute Gasteiger partial charge is 0.119 e. The Kier molecular flexibility index (Phi) is 6.27. The molecule has 0 unspecified atom stereocenters. The van der Waals surface area contributed by atoms with Gasteiger partial charge in [0.2, 0.25) is 0 Å². The molecule has 16 heavy (non-hydrogen) atoms. The molecule has 3 heteroatoms. The van der Waals surface area contributed by atoms with Crippen molar-refractivity contribution in [3.8, 4) is 5.75 Å². The largest absolute Gasteiger partial charge is 0.492 e. The minimum atomic E-state index is 0.535. The van der Waals surface area contributed by atoms with Crippen molar-refractivity contribution < 1.29 is 4.74 Å². The second kappa shape index (κ2) is 7.53. The van der Waals surface area contributed by atoms with Crippen LogP contribution in [0.25, 0.3) is 0 Å². The third-order valence-corrected chi connectivity index (χ3v) is 2.93. The standard InChI is InChI=1S/C13H20ClNO/c1-3-15(4-2)8-9-16-13-7-5-6-12(10-13)11-14/h5-7,10H,3-4,8-9,11H2,1-2H3. The second-order valence-corrected chi connectivity index (χ2v) is 3.92. The van der Waals surface area contributed by atoms with Crippen LogP contribution in [0.4, 0.5) is 0 Å². The lowest BCUT2D eigenvalue weighted by Gasteiger charge is -2.18. The first-order valence-corrected chi connectivity index (χ1v) is 6.33. The van der Waals surface area contributed by atoms with Crippen molar-refractivity contribution in [2.24, 2.45) is 0 Å². The molecule has 0 amide bonds. The van der Waals surface area contributed by atoms with Gasteiger partial charge in [-0.15, -0.1) is 11.6 Å². The summed E-state index contributed by atoms with van der Waals surface area (Å²) in [6.07, 6.45) is 0. The van der Waals surface area contributed by atoms with Crippen molar-refractivity contribution in [1.29, 1.82) is 0 Å². The molecule has 0 atom stereocenters. The summed E-state index contributed by atoms with van der Waals surface area (Å²) in [5.41, 5.74) is 1.10. The van der Waals surface area contributed by atoms with Gasteiger partial charge in [0.15, 0.2) is 0 Å². The van der Waals surface area contributed by atoms with Gasteiger partial charge in [-0.25, -0.2) is 0 Å². The van der Waals surface area contributed by atoms with Gasteiger partial charge in [-0.1, -0.05) is 26.0 Å². The van der Waals surface area contributed by atoms with Gasteiger partial charge in [0.25, 0.3) is 0 Å². The van der Waals surface area contributed by atoms with Crippen LogP contribution >= 0.6 is 11.6 Å². The second-order valence-electron chi connectivity index (χ2n) is 3.66. The quantitative estimate of drug-likeness (QED) is 0.680. The molecule has 0 bridgehead atoms. The Morgan fingerprint density at radius 1 is 1.25 bits per heavy atom. The monoisotopic (exact) mass is 241 g/mol. The van der Waals surface area contributed by atoms with E-state index in [-0.39, 0.29) is 0 Å². The average Bonchev–Trinajstić information content (AvgIpc) is 2.35. The van der Waals surface area contributed by atoms with Crippen molar-refractivity contribution in [2.45, 2.75) is 19.7 Å². The van der Waals surface area contributed by atoms with E-state index in [0.717, 1.165) is 37.6 Å². The molecular weight excluding hydrogens is 222 g/mol. The van der Waals surface area contributed by atoms with Crippen molar-refractivity contribution >= 4 is 11.6 Å². The highest BCUT2D eigenvalue weighted by atomic mass is 35.5. The van der Waals surface area contributed by atoms with Crippen LogP contribution in [0.2, 0.25) is 0 Å². The van der Waals surface area contributed by atoms with Gasteiger partial charge in [-0.2, -0.15) is 0 Å². The molecule has 0 heterocycles. The Balaban J connectivity index is 2.36. The number of alkyl halides is 1. The van der Waals surface area contributed by atoms with E-state index >= 15 is 0 Å². The Morgan fingerprint density at radius 3 is 2.62 bits per heavy atom. The Labute approximate surface area is 103 Å². The van der Waals surface area contributed by atoms with Gasteiger partial charge in [0.05, 0.1) is 0 Å². The summed E-state index contributed by atoms with van der Waals surface area (Å²) in [5, 5.41) is 0. The topological polar surface area (TPSA) is 12.5 Å². The summed E-state index contributed by atoms with van der Waals surface area (Å²) in [6.45, 7) is 8.17. The first-order valence-electron chi connectivity index (χ1n) is 5.80. The molecule has 1 aromatic rings. The van der Waals surface area contributed by atoms with Crippen molar-refractivity contribution in [3.05, 3.63) is 29.8 Å². The van der Waals surface area contributed by atoms with E-state index < -0.39 is 0 Å². The van der Waals surface area contributed by atoms with Crippen LogP contribution in [0.15, 0.2) is 24.3 Å². The third-order valence-electron chi connectivity index (χ3n) is 2.62. The molecule has 0 aliphatic carbocycles. The van der Waals surface area contributed by atoms with Crippen LogP contribution in [-0.2, 0) is 5.88 Å². The van der Waals surface area contributed by atoms with Gasteiger partial charge >= 0.3 is 0 Å². The molecule has 0 N–H and O–H groups in total. The number of hydrogen-bond acceptors (Lipinski definition) is 2. The Hall–Kier alpha value is -0.730. The number of rotatable bonds is 7. The lowest BCUT2D eigenvalue weighted by molar-refractivity contribution is 0.222. The fourth-order valence-electron chi connectivity index (χ4n) is 1.55. The highest BCUT2D eigenvalue weighted by molar-refractivity contribution is 6.17. The number of hydrogen-bond donors (Lipinski definition) is 0. The average molecular weight is 242 g/mol. The normalized spacial score (nSPS) is 10.8. The predicted octanol–water partition coefficient (Wildman–Crippen LogP) is 3.15. The lowest BCUT2D eigenvalue weighted by Crippen LogP contribution is -2.27. The van der Waals surface area contributed by atoms with Crippen LogP contribution in [0.1, 0.15) is 19.4 Å². The molecule has 0 radical (unpaired) electrons. The maximum Gasteiger partial charge on any atom is 0.119 e. The number of nitrogens with zero attached hydrogens (tertiary/aromatic N) is 1.